The number of hydrogen-bond acceptors (Lipinski definition) is 1. The summed E-state index contributed by atoms with van der Waals surface area (Å²) in [6.07, 6.45) is 11.4. The topological polar surface area (TPSA) is 12.9 Å². The third-order valence-corrected chi connectivity index (χ3v) is 11.3. The van der Waals surface area contributed by atoms with Crippen LogP contribution < -0.4 is 0 Å². The predicted molar refractivity (Wildman–Crippen MR) is 120 cm³/mol. The average molecular weight is 432 g/mol. The first kappa shape index (κ1) is 17.1. The summed E-state index contributed by atoms with van der Waals surface area (Å²) in [7, 11) is -1.79. The molecule has 0 aliphatic heterocycles. The van der Waals surface area contributed by atoms with E-state index in [-0.39, 0.29) is 4.83 Å². The molecule has 2 atom stereocenters. The van der Waals surface area contributed by atoms with Crippen LogP contribution in [0.25, 0.3) is 12.2 Å². The van der Waals surface area contributed by atoms with Gasteiger partial charge in [0.1, 0.15) is 0 Å². The Labute approximate surface area is 170 Å². The van der Waals surface area contributed by atoms with Crippen LogP contribution in [0.1, 0.15) is 39.7 Å². The molecule has 0 spiro atoms. The second-order valence-electron chi connectivity index (χ2n) is 8.24. The molecule has 5 rings (SSSR count). The number of aromatic nitrogens is 1. The quantitative estimate of drug-likeness (QED) is 0.377. The van der Waals surface area contributed by atoms with E-state index in [0.29, 0.717) is 5.54 Å². The molecule has 3 heteroatoms. The molecule has 3 aliphatic rings. The van der Waals surface area contributed by atoms with E-state index in [2.05, 4.69) is 95.6 Å². The van der Waals surface area contributed by atoms with E-state index in [4.69, 9.17) is 0 Å². The van der Waals surface area contributed by atoms with Crippen LogP contribution in [0, 0.1) is 0 Å². The first-order valence-electron chi connectivity index (χ1n) is 9.50. The Kier molecular flexibility index (Phi) is 3.82. The van der Waals surface area contributed by atoms with Crippen molar-refractivity contribution in [2.24, 2.45) is 0 Å². The number of allylic oxidation sites excluding steroid dienone is 6. The van der Waals surface area contributed by atoms with Crippen LogP contribution in [-0.4, -0.2) is 13.1 Å². The summed E-state index contributed by atoms with van der Waals surface area (Å²) in [5.41, 5.74) is 10.0. The largest absolute Gasteiger partial charge is 0.257 e. The second-order valence-corrected chi connectivity index (χ2v) is 13.7. The number of pyridine rings is 1. The van der Waals surface area contributed by atoms with Crippen LogP contribution in [-0.2, 0) is 0 Å². The lowest BCUT2D eigenvalue weighted by Gasteiger charge is -2.35. The van der Waals surface area contributed by atoms with Gasteiger partial charge in [-0.3, -0.25) is 4.98 Å². The van der Waals surface area contributed by atoms with Gasteiger partial charge in [0.25, 0.3) is 0 Å². The van der Waals surface area contributed by atoms with E-state index in [1.165, 1.54) is 33.4 Å². The Bertz CT molecular complexity index is 1090. The molecule has 2 unspecified atom stereocenters. The molecule has 1 heterocycles. The second kappa shape index (κ2) is 6.01. The zero-order valence-electron chi connectivity index (χ0n) is 15.8. The summed E-state index contributed by atoms with van der Waals surface area (Å²) in [6, 6.07) is 13.1. The van der Waals surface area contributed by atoms with E-state index in [1.807, 2.05) is 12.3 Å². The van der Waals surface area contributed by atoms with Crippen molar-refractivity contribution in [3.05, 3.63) is 99.0 Å². The molecule has 0 amide bonds. The molecule has 0 bridgehead atoms. The molecule has 1 aromatic carbocycles. The molecule has 134 valence electrons. The molecule has 3 aliphatic carbocycles. The Morgan fingerprint density at radius 2 is 1.78 bits per heavy atom. The monoisotopic (exact) mass is 431 g/mol. The Balaban J connectivity index is 1.63. The highest BCUT2D eigenvalue weighted by Crippen LogP contribution is 2.53. The van der Waals surface area contributed by atoms with E-state index in [1.54, 1.807) is 5.20 Å². The van der Waals surface area contributed by atoms with Gasteiger partial charge in [-0.15, -0.1) is 0 Å². The number of benzene rings is 1. The van der Waals surface area contributed by atoms with Crippen LogP contribution in [0.3, 0.4) is 0 Å². The normalized spacial score (nSPS) is 23.0. The lowest BCUT2D eigenvalue weighted by atomic mass is 9.92. The maximum atomic E-state index is 4.65. The molecule has 0 radical (unpaired) electrons. The fourth-order valence-corrected chi connectivity index (χ4v) is 9.76. The lowest BCUT2D eigenvalue weighted by molar-refractivity contribution is 1.08. The van der Waals surface area contributed by atoms with Crippen molar-refractivity contribution in [1.29, 1.82) is 0 Å². The maximum absolute atomic E-state index is 4.65. The number of alkyl halides is 1. The third kappa shape index (κ3) is 2.45. The van der Waals surface area contributed by atoms with E-state index >= 15 is 0 Å². The highest BCUT2D eigenvalue weighted by atomic mass is 79.9. The fourth-order valence-electron chi connectivity index (χ4n) is 5.06. The Morgan fingerprint density at radius 3 is 2.63 bits per heavy atom. The van der Waals surface area contributed by atoms with Gasteiger partial charge in [-0.2, -0.15) is 0 Å². The van der Waals surface area contributed by atoms with Gasteiger partial charge in [-0.05, 0) is 52.1 Å². The molecule has 2 aromatic rings. The molecular formula is C24H22BrNSi. The summed E-state index contributed by atoms with van der Waals surface area (Å²) in [4.78, 5) is 4.88. The standard InChI is InChI=1S/C24H22BrNSi/c1-15-13-19-20(14-21-18(23(19)25)9-6-12-26-21)24(15)27(2,3)22-11-10-16-7-4-5-8-17(16)22/h4-14,22-23H,1-3H3. The van der Waals surface area contributed by atoms with Gasteiger partial charge in [0, 0.05) is 11.7 Å². The highest BCUT2D eigenvalue weighted by molar-refractivity contribution is 9.09. The molecule has 1 nitrogen and oxygen atoms in total. The number of halogens is 1. The average Bonchev–Trinajstić information content (AvgIpc) is 3.23. The first-order chi connectivity index (χ1) is 13.0. The minimum absolute atomic E-state index is 0.227. The van der Waals surface area contributed by atoms with Crippen LogP contribution in [0.4, 0.5) is 0 Å². The Morgan fingerprint density at radius 1 is 1.00 bits per heavy atom. The summed E-state index contributed by atoms with van der Waals surface area (Å²) in [6.45, 7) is 7.34. The van der Waals surface area contributed by atoms with E-state index in [0.717, 1.165) is 5.69 Å². The van der Waals surface area contributed by atoms with Crippen LogP contribution >= 0.6 is 15.9 Å². The van der Waals surface area contributed by atoms with Crippen LogP contribution in [0.15, 0.2) is 76.7 Å². The van der Waals surface area contributed by atoms with E-state index in [9.17, 15) is 0 Å². The van der Waals surface area contributed by atoms with Gasteiger partial charge in [0.2, 0.25) is 0 Å². The zero-order chi connectivity index (χ0) is 18.8. The molecule has 0 N–H and O–H groups in total. The van der Waals surface area contributed by atoms with Crippen molar-refractivity contribution in [2.45, 2.75) is 30.4 Å². The molecule has 1 aromatic heterocycles. The van der Waals surface area contributed by atoms with Gasteiger partial charge < -0.3 is 0 Å². The Hall–Kier alpha value is -1.97. The molecule has 0 saturated heterocycles. The summed E-state index contributed by atoms with van der Waals surface area (Å²) >= 11 is 3.95. The van der Waals surface area contributed by atoms with Gasteiger partial charge >= 0.3 is 0 Å². The smallest absolute Gasteiger partial charge is 0.0931 e. The number of hydrogen-bond donors (Lipinski definition) is 0. The molecule has 0 fully saturated rings. The van der Waals surface area contributed by atoms with E-state index < -0.39 is 8.07 Å². The zero-order valence-corrected chi connectivity index (χ0v) is 18.4. The van der Waals surface area contributed by atoms with Gasteiger partial charge in [-0.1, -0.05) is 83.2 Å². The maximum Gasteiger partial charge on any atom is 0.0931 e. The van der Waals surface area contributed by atoms with Gasteiger partial charge in [-0.25, -0.2) is 0 Å². The van der Waals surface area contributed by atoms with Crippen molar-refractivity contribution < 1.29 is 0 Å². The lowest BCUT2D eigenvalue weighted by Crippen LogP contribution is -2.37. The minimum atomic E-state index is -1.79. The van der Waals surface area contributed by atoms with Crippen molar-refractivity contribution in [3.63, 3.8) is 0 Å². The number of rotatable bonds is 2. The number of fused-ring (bicyclic) bond motifs is 3. The minimum Gasteiger partial charge on any atom is -0.257 e. The van der Waals surface area contributed by atoms with Crippen molar-refractivity contribution >= 4 is 36.2 Å². The van der Waals surface area contributed by atoms with Crippen LogP contribution in [0.2, 0.25) is 13.1 Å². The summed E-state index contributed by atoms with van der Waals surface area (Å²) < 4.78 is 0. The molecular weight excluding hydrogens is 410 g/mol. The predicted octanol–water partition coefficient (Wildman–Crippen LogP) is 6.77. The number of nitrogens with zero attached hydrogens (tertiary/aromatic N) is 1. The first-order valence-corrected chi connectivity index (χ1v) is 13.5. The fraction of sp³-hybridized carbons (Fsp3) is 0.208. The SMILES string of the molecule is CC1=C([Si](C)(C)C2C=Cc3ccccc32)C2=Cc3ncccc3C(Br)C2=C1. The summed E-state index contributed by atoms with van der Waals surface area (Å²) in [5, 5.41) is 1.59. The van der Waals surface area contributed by atoms with Gasteiger partial charge in [0.15, 0.2) is 0 Å². The highest BCUT2D eigenvalue weighted by Gasteiger charge is 2.43. The van der Waals surface area contributed by atoms with Crippen molar-refractivity contribution in [2.75, 3.05) is 0 Å². The molecule has 0 saturated carbocycles. The molecule has 27 heavy (non-hydrogen) atoms. The van der Waals surface area contributed by atoms with Gasteiger partial charge in [0.05, 0.1) is 18.6 Å². The van der Waals surface area contributed by atoms with Crippen LogP contribution in [0.5, 0.6) is 0 Å². The van der Waals surface area contributed by atoms with Crippen molar-refractivity contribution in [3.8, 4) is 0 Å². The van der Waals surface area contributed by atoms with Crippen molar-refractivity contribution in [1.82, 2.24) is 4.98 Å². The third-order valence-electron chi connectivity index (χ3n) is 6.27. The summed E-state index contributed by atoms with van der Waals surface area (Å²) in [5.74, 6) is 0.